The summed E-state index contributed by atoms with van der Waals surface area (Å²) in [5, 5.41) is 8.96. The fourth-order valence-electron chi connectivity index (χ4n) is 4.19. The Labute approximate surface area is 204 Å². The van der Waals surface area contributed by atoms with Gasteiger partial charge in [-0.1, -0.05) is 18.2 Å². The summed E-state index contributed by atoms with van der Waals surface area (Å²) in [5.74, 6) is -0.117. The number of alkyl halides is 3. The van der Waals surface area contributed by atoms with Crippen molar-refractivity contribution in [2.24, 2.45) is 0 Å². The van der Waals surface area contributed by atoms with Crippen LogP contribution in [0.2, 0.25) is 0 Å². The molecule has 1 aliphatic carbocycles. The van der Waals surface area contributed by atoms with Crippen molar-refractivity contribution in [3.63, 3.8) is 0 Å². The summed E-state index contributed by atoms with van der Waals surface area (Å²) >= 11 is 0. The number of aromatic nitrogens is 2. The predicted octanol–water partition coefficient (Wildman–Crippen LogP) is 5.19. The number of hydrogen-bond acceptors (Lipinski definition) is 8. The number of halogens is 3. The van der Waals surface area contributed by atoms with E-state index in [1.54, 1.807) is 12.1 Å². The SMILES string of the molecule is O=CC1Cc2cc(Nc3ncc(C(F)(F)F)c(NC(C4=CC=CCC4)C4=COC=CO4)n3)ccc2N1. The number of benzene rings is 1. The fourth-order valence-corrected chi connectivity index (χ4v) is 4.19. The number of ether oxygens (including phenoxy) is 2. The molecule has 2 atom stereocenters. The van der Waals surface area contributed by atoms with Gasteiger partial charge in [-0.15, -0.1) is 0 Å². The summed E-state index contributed by atoms with van der Waals surface area (Å²) in [6.45, 7) is 0. The second-order valence-electron chi connectivity index (χ2n) is 8.37. The number of fused-ring (bicyclic) bond motifs is 1. The predicted molar refractivity (Wildman–Crippen MR) is 127 cm³/mol. The maximum atomic E-state index is 13.9. The monoisotopic (exact) mass is 497 g/mol. The molecule has 3 aliphatic rings. The van der Waals surface area contributed by atoms with Crippen molar-refractivity contribution in [2.75, 3.05) is 16.0 Å². The Morgan fingerprint density at radius 2 is 2.14 bits per heavy atom. The van der Waals surface area contributed by atoms with Crippen LogP contribution >= 0.6 is 0 Å². The number of rotatable bonds is 7. The Morgan fingerprint density at radius 1 is 1.25 bits per heavy atom. The Hall–Kier alpha value is -4.28. The lowest BCUT2D eigenvalue weighted by molar-refractivity contribution is -0.137. The quantitative estimate of drug-likeness (QED) is 0.450. The van der Waals surface area contributed by atoms with Crippen LogP contribution in [0.4, 0.5) is 36.3 Å². The zero-order valence-electron chi connectivity index (χ0n) is 18.9. The van der Waals surface area contributed by atoms with Crippen LogP contribution < -0.4 is 16.0 Å². The third-order valence-electron chi connectivity index (χ3n) is 5.91. The van der Waals surface area contributed by atoms with Crippen LogP contribution in [-0.4, -0.2) is 28.3 Å². The highest BCUT2D eigenvalue weighted by Gasteiger charge is 2.37. The molecule has 36 heavy (non-hydrogen) atoms. The minimum absolute atomic E-state index is 0.0192. The van der Waals surface area contributed by atoms with E-state index in [0.717, 1.165) is 35.7 Å². The van der Waals surface area contributed by atoms with Crippen molar-refractivity contribution >= 4 is 29.4 Å². The summed E-state index contributed by atoms with van der Waals surface area (Å²) in [6, 6.07) is 4.30. The first-order valence-corrected chi connectivity index (χ1v) is 11.3. The lowest BCUT2D eigenvalue weighted by Crippen LogP contribution is -2.29. The average Bonchev–Trinajstić information content (AvgIpc) is 3.30. The highest BCUT2D eigenvalue weighted by atomic mass is 19.4. The molecular weight excluding hydrogens is 475 g/mol. The number of anilines is 4. The van der Waals surface area contributed by atoms with Crippen LogP contribution in [0, 0.1) is 0 Å². The van der Waals surface area contributed by atoms with Gasteiger partial charge in [0.25, 0.3) is 0 Å². The second kappa shape index (κ2) is 9.76. The van der Waals surface area contributed by atoms with Crippen molar-refractivity contribution in [3.8, 4) is 0 Å². The molecule has 0 amide bonds. The normalized spacial score (nSPS) is 19.1. The molecule has 3 N–H and O–H groups in total. The fraction of sp³-hybridized carbons (Fsp3) is 0.240. The zero-order chi connectivity index (χ0) is 25.1. The molecule has 0 radical (unpaired) electrons. The van der Waals surface area contributed by atoms with E-state index in [0.29, 0.717) is 24.3 Å². The number of carbonyl (C=O) groups is 1. The minimum Gasteiger partial charge on any atom is -0.466 e. The van der Waals surface area contributed by atoms with E-state index in [2.05, 4.69) is 25.9 Å². The highest BCUT2D eigenvalue weighted by Crippen LogP contribution is 2.36. The van der Waals surface area contributed by atoms with Crippen LogP contribution in [0.25, 0.3) is 0 Å². The van der Waals surface area contributed by atoms with E-state index in [1.807, 2.05) is 24.3 Å². The smallest absolute Gasteiger partial charge is 0.421 e. The van der Waals surface area contributed by atoms with Gasteiger partial charge in [0.2, 0.25) is 5.95 Å². The standard InChI is InChI=1S/C25H22F3N5O3/c26-25(27,28)19-12-29-24(31-17-6-7-20-16(10-17)11-18(13-34)30-20)33-23(19)32-22(15-4-2-1-3-5-15)21-14-35-8-9-36-21/h1-2,4,6-10,12-14,18,22,30H,3,5,11H2,(H2,29,31,32,33). The number of carbonyl (C=O) groups excluding carboxylic acids is 1. The summed E-state index contributed by atoms with van der Waals surface area (Å²) in [7, 11) is 0. The van der Waals surface area contributed by atoms with Crippen LogP contribution in [-0.2, 0) is 26.9 Å². The van der Waals surface area contributed by atoms with E-state index in [1.165, 1.54) is 18.8 Å². The van der Waals surface area contributed by atoms with Crippen molar-refractivity contribution in [1.29, 1.82) is 0 Å². The summed E-state index contributed by atoms with van der Waals surface area (Å²) in [4.78, 5) is 19.2. The van der Waals surface area contributed by atoms with E-state index >= 15 is 0 Å². The number of nitrogens with one attached hydrogen (secondary N) is 3. The van der Waals surface area contributed by atoms with Crippen molar-refractivity contribution in [2.45, 2.75) is 37.5 Å². The van der Waals surface area contributed by atoms with Crippen LogP contribution in [0.15, 0.2) is 72.7 Å². The molecule has 186 valence electrons. The number of aldehydes is 1. The van der Waals surface area contributed by atoms with E-state index < -0.39 is 23.6 Å². The Balaban J connectivity index is 1.46. The molecule has 8 nitrogen and oxygen atoms in total. The molecule has 1 aromatic heterocycles. The van der Waals surface area contributed by atoms with Gasteiger partial charge in [0, 0.05) is 24.0 Å². The topological polar surface area (TPSA) is 97.4 Å². The maximum absolute atomic E-state index is 13.9. The van der Waals surface area contributed by atoms with Gasteiger partial charge in [-0.3, -0.25) is 0 Å². The molecule has 2 unspecified atom stereocenters. The number of nitrogens with zero attached hydrogens (tertiary/aromatic N) is 2. The first-order valence-electron chi connectivity index (χ1n) is 11.3. The van der Waals surface area contributed by atoms with E-state index in [-0.39, 0.29) is 12.0 Å². The molecule has 1 aromatic carbocycles. The van der Waals surface area contributed by atoms with Crippen molar-refractivity contribution in [1.82, 2.24) is 9.97 Å². The highest BCUT2D eigenvalue weighted by molar-refractivity contribution is 5.74. The van der Waals surface area contributed by atoms with Crippen LogP contribution in [0.3, 0.4) is 0 Å². The molecular formula is C25H22F3N5O3. The lowest BCUT2D eigenvalue weighted by atomic mass is 9.96. The average molecular weight is 497 g/mol. The molecule has 3 heterocycles. The molecule has 0 saturated carbocycles. The molecule has 11 heteroatoms. The minimum atomic E-state index is -4.69. The third kappa shape index (κ3) is 5.04. The summed E-state index contributed by atoms with van der Waals surface area (Å²) in [6.07, 6.45) is 8.44. The van der Waals surface area contributed by atoms with Gasteiger partial charge in [-0.25, -0.2) is 4.98 Å². The maximum Gasteiger partial charge on any atom is 0.421 e. The molecule has 2 aliphatic heterocycles. The van der Waals surface area contributed by atoms with Gasteiger partial charge in [0.15, 0.2) is 5.76 Å². The molecule has 0 spiro atoms. The molecule has 0 fully saturated rings. The third-order valence-corrected chi connectivity index (χ3v) is 5.91. The van der Waals surface area contributed by atoms with E-state index in [4.69, 9.17) is 9.47 Å². The van der Waals surface area contributed by atoms with Crippen molar-refractivity contribution < 1.29 is 27.4 Å². The Kier molecular flexibility index (Phi) is 6.36. The molecule has 2 aromatic rings. The van der Waals surface area contributed by atoms with Crippen LogP contribution in [0.1, 0.15) is 24.0 Å². The molecule has 0 saturated heterocycles. The lowest BCUT2D eigenvalue weighted by Gasteiger charge is -2.27. The van der Waals surface area contributed by atoms with Gasteiger partial charge >= 0.3 is 6.18 Å². The largest absolute Gasteiger partial charge is 0.466 e. The summed E-state index contributed by atoms with van der Waals surface area (Å²) in [5.41, 5.74) is 2.14. The number of hydrogen-bond donors (Lipinski definition) is 3. The van der Waals surface area contributed by atoms with Gasteiger partial charge in [0.1, 0.15) is 42.5 Å². The summed E-state index contributed by atoms with van der Waals surface area (Å²) < 4.78 is 52.4. The molecule has 5 rings (SSSR count). The second-order valence-corrected chi connectivity index (χ2v) is 8.37. The number of allylic oxidation sites excluding steroid dienone is 3. The van der Waals surface area contributed by atoms with Crippen LogP contribution in [0.5, 0.6) is 0 Å². The molecule has 0 bridgehead atoms. The zero-order valence-corrected chi connectivity index (χ0v) is 18.9. The van der Waals surface area contributed by atoms with Gasteiger partial charge in [-0.05, 0) is 42.2 Å². The van der Waals surface area contributed by atoms with Gasteiger partial charge in [-0.2, -0.15) is 18.2 Å². The van der Waals surface area contributed by atoms with Crippen molar-refractivity contribution in [3.05, 3.63) is 83.9 Å². The van der Waals surface area contributed by atoms with Gasteiger partial charge in [0.05, 0.1) is 6.04 Å². The van der Waals surface area contributed by atoms with E-state index in [9.17, 15) is 18.0 Å². The Bertz CT molecular complexity index is 1290. The first-order chi connectivity index (χ1) is 17.4. The first kappa shape index (κ1) is 23.5. The Morgan fingerprint density at radius 3 is 2.86 bits per heavy atom. The van der Waals surface area contributed by atoms with Gasteiger partial charge < -0.3 is 30.2 Å².